The van der Waals surface area contributed by atoms with Crippen LogP contribution in [0.4, 0.5) is 11.4 Å². The minimum Gasteiger partial charge on any atom is -0.322 e. The lowest BCUT2D eigenvalue weighted by molar-refractivity contribution is -0.862. The van der Waals surface area contributed by atoms with Crippen LogP contribution in [0.25, 0.3) is 0 Å². The van der Waals surface area contributed by atoms with E-state index in [1.807, 2.05) is 38.1 Å². The van der Waals surface area contributed by atoms with E-state index < -0.39 is 0 Å². The summed E-state index contributed by atoms with van der Waals surface area (Å²) in [6.45, 7) is 4.23. The van der Waals surface area contributed by atoms with Crippen LogP contribution in [0, 0.1) is 13.8 Å². The maximum Gasteiger partial charge on any atom is 0.279 e. The van der Waals surface area contributed by atoms with Crippen molar-refractivity contribution in [3.8, 4) is 0 Å². The van der Waals surface area contributed by atoms with Gasteiger partial charge in [-0.3, -0.25) is 9.59 Å². The summed E-state index contributed by atoms with van der Waals surface area (Å²) in [5.41, 5.74) is 3.40. The predicted octanol–water partition coefficient (Wildman–Crippen LogP) is 2.05. The van der Waals surface area contributed by atoms with Crippen molar-refractivity contribution < 1.29 is 14.5 Å². The summed E-state index contributed by atoms with van der Waals surface area (Å²) in [6.07, 6.45) is 0. The number of benzene rings is 2. The van der Waals surface area contributed by atoms with Gasteiger partial charge in [-0.2, -0.15) is 0 Å². The summed E-state index contributed by atoms with van der Waals surface area (Å²) in [5.74, 6) is -0.293. The summed E-state index contributed by atoms with van der Waals surface area (Å²) in [6, 6.07) is 13.0. The van der Waals surface area contributed by atoms with Crippen LogP contribution in [-0.4, -0.2) is 32.0 Å². The largest absolute Gasteiger partial charge is 0.322 e. The minimum atomic E-state index is -0.161. The Hall–Kier alpha value is -2.37. The normalized spacial score (nSPS) is 11.7. The van der Waals surface area contributed by atoms with Gasteiger partial charge in [-0.15, -0.1) is 0 Å². The molecule has 0 spiro atoms. The number of rotatable bonds is 6. The molecule has 2 aromatic carbocycles. The first-order valence-electron chi connectivity index (χ1n) is 8.08. The first kappa shape index (κ1) is 19.0. The first-order chi connectivity index (χ1) is 11.8. The Morgan fingerprint density at radius 2 is 1.56 bits per heavy atom. The van der Waals surface area contributed by atoms with Crippen molar-refractivity contribution in [2.24, 2.45) is 0 Å². The molecule has 0 radical (unpaired) electrons. The van der Waals surface area contributed by atoms with E-state index in [2.05, 4.69) is 10.6 Å². The van der Waals surface area contributed by atoms with Gasteiger partial charge in [0, 0.05) is 16.4 Å². The Bertz CT molecular complexity index is 760. The Morgan fingerprint density at radius 3 is 2.20 bits per heavy atom. The lowest BCUT2D eigenvalue weighted by Crippen LogP contribution is -3.11. The fourth-order valence-electron chi connectivity index (χ4n) is 2.39. The van der Waals surface area contributed by atoms with Gasteiger partial charge >= 0.3 is 0 Å². The van der Waals surface area contributed by atoms with Crippen molar-refractivity contribution in [3.05, 3.63) is 58.6 Å². The molecule has 25 heavy (non-hydrogen) atoms. The molecule has 0 aliphatic heterocycles. The van der Waals surface area contributed by atoms with Gasteiger partial charge in [0.2, 0.25) is 0 Å². The third-order valence-corrected chi connectivity index (χ3v) is 4.21. The molecular formula is C19H23ClN3O2+. The highest BCUT2D eigenvalue weighted by Gasteiger charge is 2.15. The zero-order valence-corrected chi connectivity index (χ0v) is 15.4. The van der Waals surface area contributed by atoms with Crippen LogP contribution in [-0.2, 0) is 9.59 Å². The number of nitrogens with one attached hydrogen (secondary N) is 3. The van der Waals surface area contributed by atoms with E-state index in [0.717, 1.165) is 21.7 Å². The van der Waals surface area contributed by atoms with Gasteiger partial charge in [-0.25, -0.2) is 0 Å². The summed E-state index contributed by atoms with van der Waals surface area (Å²) in [7, 11) is 1.80. The molecule has 1 unspecified atom stereocenters. The van der Waals surface area contributed by atoms with Crippen LogP contribution in [0.5, 0.6) is 0 Å². The van der Waals surface area contributed by atoms with Crippen molar-refractivity contribution in [3.63, 3.8) is 0 Å². The number of amides is 2. The predicted molar refractivity (Wildman–Crippen MR) is 101 cm³/mol. The summed E-state index contributed by atoms with van der Waals surface area (Å²) in [5, 5.41) is 6.27. The monoisotopic (exact) mass is 360 g/mol. The minimum absolute atomic E-state index is 0.131. The molecule has 2 amide bonds. The molecule has 0 saturated heterocycles. The van der Waals surface area contributed by atoms with E-state index in [1.165, 1.54) is 0 Å². The first-order valence-corrected chi connectivity index (χ1v) is 8.45. The Balaban J connectivity index is 1.83. The zero-order valence-electron chi connectivity index (χ0n) is 14.7. The van der Waals surface area contributed by atoms with Gasteiger partial charge in [0.15, 0.2) is 13.1 Å². The second-order valence-electron chi connectivity index (χ2n) is 6.19. The molecule has 0 aliphatic rings. The number of likely N-dealkylation sites (N-methyl/N-ethyl adjacent to an activating group) is 1. The molecule has 0 fully saturated rings. The SMILES string of the molecule is Cc1ccc(NC(=O)C[NH+](C)CC(=O)Nc2cccc(Cl)c2C)cc1. The van der Waals surface area contributed by atoms with Gasteiger partial charge in [0.05, 0.1) is 7.05 Å². The number of hydrogen-bond acceptors (Lipinski definition) is 2. The third kappa shape index (κ3) is 5.89. The third-order valence-electron chi connectivity index (χ3n) is 3.80. The Morgan fingerprint density at radius 1 is 0.960 bits per heavy atom. The fraction of sp³-hybridized carbons (Fsp3) is 0.263. The number of halogens is 1. The van der Waals surface area contributed by atoms with Crippen LogP contribution in [0.15, 0.2) is 42.5 Å². The molecule has 0 aromatic heterocycles. The van der Waals surface area contributed by atoms with Crippen molar-refractivity contribution in [1.82, 2.24) is 0 Å². The summed E-state index contributed by atoms with van der Waals surface area (Å²) in [4.78, 5) is 25.0. The Kier molecular flexibility index (Phi) is 6.56. The highest BCUT2D eigenvalue weighted by molar-refractivity contribution is 6.31. The van der Waals surface area contributed by atoms with Gasteiger partial charge in [-0.05, 0) is 43.7 Å². The molecule has 1 atom stereocenters. The van der Waals surface area contributed by atoms with Crippen molar-refractivity contribution in [2.45, 2.75) is 13.8 Å². The Labute approximate surface area is 153 Å². The smallest absolute Gasteiger partial charge is 0.279 e. The molecule has 6 heteroatoms. The standard InChI is InChI=1S/C19H22ClN3O2/c1-13-7-9-15(10-8-13)21-18(24)11-23(3)12-19(25)22-17-6-4-5-16(20)14(17)2/h4-10H,11-12H2,1-3H3,(H,21,24)(H,22,25)/p+1. The number of aryl methyl sites for hydroxylation is 1. The highest BCUT2D eigenvalue weighted by atomic mass is 35.5. The van der Waals surface area contributed by atoms with E-state index in [0.29, 0.717) is 10.7 Å². The lowest BCUT2D eigenvalue weighted by Gasteiger charge is -2.15. The van der Waals surface area contributed by atoms with Gasteiger partial charge in [0.25, 0.3) is 11.8 Å². The van der Waals surface area contributed by atoms with Crippen molar-refractivity contribution >= 4 is 34.8 Å². The van der Waals surface area contributed by atoms with Crippen LogP contribution < -0.4 is 15.5 Å². The molecule has 2 rings (SSSR count). The molecule has 3 N–H and O–H groups in total. The molecule has 0 heterocycles. The maximum atomic E-state index is 12.2. The molecule has 132 valence electrons. The topological polar surface area (TPSA) is 62.6 Å². The molecule has 0 aliphatic carbocycles. The molecule has 5 nitrogen and oxygen atoms in total. The van der Waals surface area contributed by atoms with Crippen molar-refractivity contribution in [2.75, 3.05) is 30.8 Å². The van der Waals surface area contributed by atoms with Crippen LogP contribution in [0.3, 0.4) is 0 Å². The molecular weight excluding hydrogens is 338 g/mol. The van der Waals surface area contributed by atoms with E-state index in [1.54, 1.807) is 25.2 Å². The van der Waals surface area contributed by atoms with E-state index >= 15 is 0 Å². The zero-order chi connectivity index (χ0) is 18.4. The van der Waals surface area contributed by atoms with E-state index in [4.69, 9.17) is 11.6 Å². The van der Waals surface area contributed by atoms with Gasteiger partial charge in [-0.1, -0.05) is 35.4 Å². The second-order valence-corrected chi connectivity index (χ2v) is 6.59. The maximum absolute atomic E-state index is 12.2. The van der Waals surface area contributed by atoms with Gasteiger partial charge in [0.1, 0.15) is 0 Å². The van der Waals surface area contributed by atoms with Crippen LogP contribution in [0.1, 0.15) is 11.1 Å². The average molecular weight is 361 g/mol. The molecule has 0 saturated carbocycles. The van der Waals surface area contributed by atoms with Crippen molar-refractivity contribution in [1.29, 1.82) is 0 Å². The average Bonchev–Trinajstić information content (AvgIpc) is 2.53. The van der Waals surface area contributed by atoms with Gasteiger partial charge < -0.3 is 15.5 Å². The van der Waals surface area contributed by atoms with E-state index in [-0.39, 0.29) is 24.9 Å². The molecule has 0 bridgehead atoms. The van der Waals surface area contributed by atoms with Crippen LogP contribution >= 0.6 is 11.6 Å². The van der Waals surface area contributed by atoms with E-state index in [9.17, 15) is 9.59 Å². The number of carbonyl (C=O) groups excluding carboxylic acids is 2. The highest BCUT2D eigenvalue weighted by Crippen LogP contribution is 2.22. The quantitative estimate of drug-likeness (QED) is 0.738. The number of quaternary nitrogens is 1. The van der Waals surface area contributed by atoms with Crippen LogP contribution in [0.2, 0.25) is 5.02 Å². The number of anilines is 2. The summed E-state index contributed by atoms with van der Waals surface area (Å²) >= 11 is 6.05. The fourth-order valence-corrected chi connectivity index (χ4v) is 2.56. The lowest BCUT2D eigenvalue weighted by atomic mass is 10.2. The summed E-state index contributed by atoms with van der Waals surface area (Å²) < 4.78 is 0. The second kappa shape index (κ2) is 8.65. The number of hydrogen-bond donors (Lipinski definition) is 3. The number of carbonyl (C=O) groups is 2. The molecule has 2 aromatic rings.